The molecule has 1 aliphatic rings. The number of nitrogens with zero attached hydrogens (tertiary/aromatic N) is 1. The van der Waals surface area contributed by atoms with E-state index in [-0.39, 0.29) is 18.5 Å². The van der Waals surface area contributed by atoms with E-state index in [1.54, 1.807) is 13.1 Å². The van der Waals surface area contributed by atoms with Crippen LogP contribution in [0.2, 0.25) is 0 Å². The Morgan fingerprint density at radius 3 is 2.80 bits per heavy atom. The van der Waals surface area contributed by atoms with Crippen LogP contribution in [0, 0.1) is 0 Å². The molecule has 0 heterocycles. The van der Waals surface area contributed by atoms with Gasteiger partial charge in [0.25, 0.3) is 0 Å². The van der Waals surface area contributed by atoms with E-state index >= 15 is 0 Å². The highest BCUT2D eigenvalue weighted by atomic mass is 16.2. The number of anilines is 1. The molecule has 20 heavy (non-hydrogen) atoms. The highest BCUT2D eigenvalue weighted by Gasteiger charge is 2.24. The summed E-state index contributed by atoms with van der Waals surface area (Å²) in [6, 6.07) is 7.32. The zero-order valence-corrected chi connectivity index (χ0v) is 11.6. The first-order valence-corrected chi connectivity index (χ1v) is 6.69. The Hall–Kier alpha value is -2.08. The molecule has 3 amide bonds. The summed E-state index contributed by atoms with van der Waals surface area (Å²) >= 11 is 0. The predicted octanol–water partition coefficient (Wildman–Crippen LogP) is 0.888. The van der Waals surface area contributed by atoms with Gasteiger partial charge in [0.15, 0.2) is 0 Å². The second-order valence-electron chi connectivity index (χ2n) is 5.03. The van der Waals surface area contributed by atoms with Crippen LogP contribution in [-0.2, 0) is 11.3 Å². The van der Waals surface area contributed by atoms with Gasteiger partial charge in [-0.05, 0) is 30.5 Å². The van der Waals surface area contributed by atoms with Crippen LogP contribution >= 0.6 is 0 Å². The van der Waals surface area contributed by atoms with E-state index in [4.69, 9.17) is 5.73 Å². The molecule has 6 nitrogen and oxygen atoms in total. The van der Waals surface area contributed by atoms with Gasteiger partial charge in [-0.3, -0.25) is 4.79 Å². The van der Waals surface area contributed by atoms with Crippen LogP contribution in [0.15, 0.2) is 24.3 Å². The number of nitrogens with one attached hydrogen (secondary N) is 2. The molecule has 2 rings (SSSR count). The van der Waals surface area contributed by atoms with Crippen molar-refractivity contribution in [1.29, 1.82) is 0 Å². The fourth-order valence-corrected chi connectivity index (χ4v) is 1.78. The number of nitrogens with two attached hydrogens (primary N) is 1. The molecule has 1 aliphatic carbocycles. The smallest absolute Gasteiger partial charge is 0.322 e. The zero-order valence-electron chi connectivity index (χ0n) is 11.6. The van der Waals surface area contributed by atoms with Crippen molar-refractivity contribution in [3.63, 3.8) is 0 Å². The van der Waals surface area contributed by atoms with Gasteiger partial charge in [0.1, 0.15) is 6.54 Å². The Kier molecular flexibility index (Phi) is 4.57. The standard InChI is InChI=1S/C14H20N4O2/c1-18(9-13(19)16-11-5-6-11)14(20)17-12-4-2-3-10(7-12)8-15/h2-4,7,11H,5-6,8-9,15H2,1H3,(H,16,19)(H,17,20). The molecule has 1 aromatic rings. The van der Waals surface area contributed by atoms with Crippen molar-refractivity contribution in [2.75, 3.05) is 18.9 Å². The van der Waals surface area contributed by atoms with Gasteiger partial charge in [0, 0.05) is 25.3 Å². The van der Waals surface area contributed by atoms with Crippen LogP contribution in [0.4, 0.5) is 10.5 Å². The first-order valence-electron chi connectivity index (χ1n) is 6.69. The van der Waals surface area contributed by atoms with E-state index in [1.165, 1.54) is 4.90 Å². The molecule has 6 heteroatoms. The van der Waals surface area contributed by atoms with Crippen molar-refractivity contribution in [2.45, 2.75) is 25.4 Å². The highest BCUT2D eigenvalue weighted by molar-refractivity contribution is 5.92. The number of hydrogen-bond donors (Lipinski definition) is 3. The predicted molar refractivity (Wildman–Crippen MR) is 77.1 cm³/mol. The highest BCUT2D eigenvalue weighted by Crippen LogP contribution is 2.18. The maximum Gasteiger partial charge on any atom is 0.322 e. The molecule has 0 aromatic heterocycles. The molecule has 1 aromatic carbocycles. The van der Waals surface area contributed by atoms with Gasteiger partial charge >= 0.3 is 6.03 Å². The topological polar surface area (TPSA) is 87.5 Å². The van der Waals surface area contributed by atoms with E-state index in [1.807, 2.05) is 18.2 Å². The minimum absolute atomic E-state index is 0.0545. The van der Waals surface area contributed by atoms with Gasteiger partial charge in [-0.2, -0.15) is 0 Å². The molecule has 1 fully saturated rings. The Labute approximate surface area is 118 Å². The molecular weight excluding hydrogens is 256 g/mol. The Bertz CT molecular complexity index is 500. The van der Waals surface area contributed by atoms with E-state index in [9.17, 15) is 9.59 Å². The Balaban J connectivity index is 1.84. The third-order valence-corrected chi connectivity index (χ3v) is 3.08. The van der Waals surface area contributed by atoms with Gasteiger partial charge in [0.05, 0.1) is 0 Å². The van der Waals surface area contributed by atoms with Crippen molar-refractivity contribution < 1.29 is 9.59 Å². The number of carbonyl (C=O) groups excluding carboxylic acids is 2. The van der Waals surface area contributed by atoms with E-state index in [0.29, 0.717) is 18.3 Å². The van der Waals surface area contributed by atoms with Crippen LogP contribution < -0.4 is 16.4 Å². The average Bonchev–Trinajstić information content (AvgIpc) is 3.22. The molecule has 0 bridgehead atoms. The molecule has 0 aliphatic heterocycles. The van der Waals surface area contributed by atoms with Gasteiger partial charge in [-0.1, -0.05) is 12.1 Å². The fourth-order valence-electron chi connectivity index (χ4n) is 1.78. The lowest BCUT2D eigenvalue weighted by Gasteiger charge is -2.17. The van der Waals surface area contributed by atoms with Crippen molar-refractivity contribution in [3.8, 4) is 0 Å². The quantitative estimate of drug-likeness (QED) is 0.746. The number of carbonyl (C=O) groups is 2. The summed E-state index contributed by atoms with van der Waals surface area (Å²) in [5.41, 5.74) is 7.17. The second kappa shape index (κ2) is 6.38. The SMILES string of the molecule is CN(CC(=O)NC1CC1)C(=O)Nc1cccc(CN)c1. The average molecular weight is 276 g/mol. The summed E-state index contributed by atoms with van der Waals surface area (Å²) in [5.74, 6) is -0.124. The molecular formula is C14H20N4O2. The van der Waals surface area contributed by atoms with Gasteiger partial charge in [0.2, 0.25) is 5.91 Å². The van der Waals surface area contributed by atoms with Crippen LogP contribution in [0.5, 0.6) is 0 Å². The maximum atomic E-state index is 12.0. The molecule has 4 N–H and O–H groups in total. The van der Waals surface area contributed by atoms with Crippen molar-refractivity contribution >= 4 is 17.6 Å². The molecule has 0 spiro atoms. The van der Waals surface area contributed by atoms with E-state index in [0.717, 1.165) is 18.4 Å². The zero-order chi connectivity index (χ0) is 14.5. The summed E-state index contributed by atoms with van der Waals surface area (Å²) in [6.07, 6.45) is 2.07. The summed E-state index contributed by atoms with van der Waals surface area (Å²) in [7, 11) is 1.59. The molecule has 108 valence electrons. The number of likely N-dealkylation sites (N-methyl/N-ethyl adjacent to an activating group) is 1. The largest absolute Gasteiger partial charge is 0.352 e. The maximum absolute atomic E-state index is 12.0. The van der Waals surface area contributed by atoms with Crippen LogP contribution in [0.3, 0.4) is 0 Å². The fraction of sp³-hybridized carbons (Fsp3) is 0.429. The van der Waals surface area contributed by atoms with Crippen molar-refractivity contribution in [2.24, 2.45) is 5.73 Å². The number of urea groups is 1. The first kappa shape index (κ1) is 14.3. The number of hydrogen-bond acceptors (Lipinski definition) is 3. The number of rotatable bonds is 5. The molecule has 0 saturated heterocycles. The lowest BCUT2D eigenvalue weighted by Crippen LogP contribution is -2.41. The minimum atomic E-state index is -0.315. The number of amides is 3. The Morgan fingerprint density at radius 1 is 1.40 bits per heavy atom. The van der Waals surface area contributed by atoms with Gasteiger partial charge in [-0.25, -0.2) is 4.79 Å². The summed E-state index contributed by atoms with van der Waals surface area (Å²) in [4.78, 5) is 24.9. The monoisotopic (exact) mass is 276 g/mol. The molecule has 0 atom stereocenters. The third-order valence-electron chi connectivity index (χ3n) is 3.08. The molecule has 1 saturated carbocycles. The van der Waals surface area contributed by atoms with Gasteiger partial charge < -0.3 is 21.3 Å². The van der Waals surface area contributed by atoms with Crippen molar-refractivity contribution in [3.05, 3.63) is 29.8 Å². The second-order valence-corrected chi connectivity index (χ2v) is 5.03. The molecule has 0 unspecified atom stereocenters. The van der Waals surface area contributed by atoms with E-state index in [2.05, 4.69) is 10.6 Å². The Morgan fingerprint density at radius 2 is 2.15 bits per heavy atom. The summed E-state index contributed by atoms with van der Waals surface area (Å²) < 4.78 is 0. The third kappa shape index (κ3) is 4.24. The summed E-state index contributed by atoms with van der Waals surface area (Å²) in [5, 5.41) is 5.59. The van der Waals surface area contributed by atoms with Crippen LogP contribution in [0.1, 0.15) is 18.4 Å². The number of benzene rings is 1. The first-order chi connectivity index (χ1) is 9.58. The lowest BCUT2D eigenvalue weighted by molar-refractivity contribution is -0.121. The van der Waals surface area contributed by atoms with Crippen LogP contribution in [-0.4, -0.2) is 36.5 Å². The van der Waals surface area contributed by atoms with Crippen molar-refractivity contribution in [1.82, 2.24) is 10.2 Å². The molecule has 0 radical (unpaired) electrons. The van der Waals surface area contributed by atoms with E-state index < -0.39 is 0 Å². The normalized spacial score (nSPS) is 13.7. The van der Waals surface area contributed by atoms with Crippen LogP contribution in [0.25, 0.3) is 0 Å². The van der Waals surface area contributed by atoms with Gasteiger partial charge in [-0.15, -0.1) is 0 Å². The lowest BCUT2D eigenvalue weighted by atomic mass is 10.2. The minimum Gasteiger partial charge on any atom is -0.352 e. The summed E-state index contributed by atoms with van der Waals surface area (Å²) in [6.45, 7) is 0.474.